The van der Waals surface area contributed by atoms with Crippen LogP contribution in [0.25, 0.3) is 0 Å². The molecule has 17 heavy (non-hydrogen) atoms. The molecular weight excluding hydrogens is 238 g/mol. The van der Waals surface area contributed by atoms with Gasteiger partial charge >= 0.3 is 0 Å². The number of hydrogen-bond donors (Lipinski definition) is 2. The Morgan fingerprint density at radius 3 is 2.94 bits per heavy atom. The Bertz CT molecular complexity index is 524. The van der Waals surface area contributed by atoms with Crippen molar-refractivity contribution in [1.29, 1.82) is 0 Å². The average molecular weight is 252 g/mol. The highest BCUT2D eigenvalue weighted by atomic mass is 35.5. The van der Waals surface area contributed by atoms with Crippen molar-refractivity contribution in [3.8, 4) is 0 Å². The SMILES string of the molecule is CCn1ccnc1C(O)c1ccc(Cl)cc1N. The van der Waals surface area contributed by atoms with Crippen LogP contribution in [0.15, 0.2) is 30.6 Å². The van der Waals surface area contributed by atoms with Crippen LogP contribution in [-0.4, -0.2) is 14.7 Å². The predicted molar refractivity (Wildman–Crippen MR) is 67.8 cm³/mol. The minimum absolute atomic E-state index is 0.468. The molecule has 0 saturated carbocycles. The Balaban J connectivity index is 2.40. The van der Waals surface area contributed by atoms with Crippen LogP contribution >= 0.6 is 11.6 Å². The van der Waals surface area contributed by atoms with Crippen LogP contribution in [0.4, 0.5) is 5.69 Å². The zero-order valence-corrected chi connectivity index (χ0v) is 10.2. The second kappa shape index (κ2) is 4.77. The number of imidazole rings is 1. The van der Waals surface area contributed by atoms with Gasteiger partial charge in [0.2, 0.25) is 0 Å². The maximum absolute atomic E-state index is 10.3. The summed E-state index contributed by atoms with van der Waals surface area (Å²) in [7, 11) is 0. The Morgan fingerprint density at radius 1 is 1.53 bits per heavy atom. The number of aromatic nitrogens is 2. The number of aliphatic hydroxyl groups excluding tert-OH is 1. The molecule has 1 unspecified atom stereocenters. The van der Waals surface area contributed by atoms with E-state index in [9.17, 15) is 5.11 Å². The van der Waals surface area contributed by atoms with E-state index in [0.29, 0.717) is 22.1 Å². The first-order chi connectivity index (χ1) is 8.13. The van der Waals surface area contributed by atoms with E-state index in [1.165, 1.54) is 0 Å². The van der Waals surface area contributed by atoms with Gasteiger partial charge in [0.15, 0.2) is 0 Å². The molecule has 0 aliphatic heterocycles. The third-order valence-corrected chi connectivity index (χ3v) is 2.91. The molecule has 0 aliphatic carbocycles. The summed E-state index contributed by atoms with van der Waals surface area (Å²) >= 11 is 5.82. The van der Waals surface area contributed by atoms with Crippen LogP contribution in [0, 0.1) is 0 Å². The second-order valence-electron chi connectivity index (χ2n) is 3.75. The zero-order chi connectivity index (χ0) is 12.4. The van der Waals surface area contributed by atoms with Crippen molar-refractivity contribution in [2.45, 2.75) is 19.6 Å². The van der Waals surface area contributed by atoms with Gasteiger partial charge < -0.3 is 15.4 Å². The van der Waals surface area contributed by atoms with Gasteiger partial charge in [-0.15, -0.1) is 0 Å². The van der Waals surface area contributed by atoms with Gasteiger partial charge in [-0.3, -0.25) is 0 Å². The van der Waals surface area contributed by atoms with Gasteiger partial charge in [0.25, 0.3) is 0 Å². The number of aliphatic hydroxyl groups is 1. The normalized spacial score (nSPS) is 12.6. The van der Waals surface area contributed by atoms with Crippen molar-refractivity contribution in [1.82, 2.24) is 9.55 Å². The molecule has 0 aliphatic rings. The van der Waals surface area contributed by atoms with Crippen LogP contribution in [0.2, 0.25) is 5.02 Å². The molecule has 0 saturated heterocycles. The molecule has 0 amide bonds. The molecule has 2 rings (SSSR count). The summed E-state index contributed by atoms with van der Waals surface area (Å²) < 4.78 is 1.87. The number of halogens is 1. The molecule has 0 radical (unpaired) electrons. The van der Waals surface area contributed by atoms with Gasteiger partial charge in [0.1, 0.15) is 11.9 Å². The highest BCUT2D eigenvalue weighted by Crippen LogP contribution is 2.27. The monoisotopic (exact) mass is 251 g/mol. The minimum Gasteiger partial charge on any atom is -0.398 e. The molecule has 2 aromatic rings. The summed E-state index contributed by atoms with van der Waals surface area (Å²) in [6, 6.07) is 5.05. The first kappa shape index (κ1) is 12.0. The number of hydrogen-bond acceptors (Lipinski definition) is 3. The van der Waals surface area contributed by atoms with Crippen molar-refractivity contribution in [2.75, 3.05) is 5.73 Å². The quantitative estimate of drug-likeness (QED) is 0.823. The van der Waals surface area contributed by atoms with Gasteiger partial charge in [-0.2, -0.15) is 0 Å². The minimum atomic E-state index is -0.831. The van der Waals surface area contributed by atoms with Crippen molar-refractivity contribution >= 4 is 17.3 Å². The van der Waals surface area contributed by atoms with E-state index in [1.54, 1.807) is 24.4 Å². The van der Waals surface area contributed by atoms with Gasteiger partial charge in [-0.25, -0.2) is 4.98 Å². The summed E-state index contributed by atoms with van der Waals surface area (Å²) in [5.41, 5.74) is 6.93. The van der Waals surface area contributed by atoms with E-state index < -0.39 is 6.10 Å². The third kappa shape index (κ3) is 2.28. The second-order valence-corrected chi connectivity index (χ2v) is 4.18. The Hall–Kier alpha value is -1.52. The fourth-order valence-electron chi connectivity index (χ4n) is 1.77. The molecule has 1 heterocycles. The molecule has 90 valence electrons. The van der Waals surface area contributed by atoms with Crippen LogP contribution in [0.1, 0.15) is 24.4 Å². The number of benzene rings is 1. The van der Waals surface area contributed by atoms with E-state index in [0.717, 1.165) is 6.54 Å². The maximum Gasteiger partial charge on any atom is 0.142 e. The van der Waals surface area contributed by atoms with E-state index in [1.807, 2.05) is 17.7 Å². The number of nitrogens with two attached hydrogens (primary N) is 1. The lowest BCUT2D eigenvalue weighted by Gasteiger charge is -2.14. The Morgan fingerprint density at radius 2 is 2.29 bits per heavy atom. The smallest absolute Gasteiger partial charge is 0.142 e. The average Bonchev–Trinajstić information content (AvgIpc) is 2.76. The molecule has 1 aromatic carbocycles. The predicted octanol–water partition coefficient (Wildman–Crippen LogP) is 2.22. The van der Waals surface area contributed by atoms with E-state index in [2.05, 4.69) is 4.98 Å². The van der Waals surface area contributed by atoms with Gasteiger partial charge in [-0.1, -0.05) is 17.7 Å². The Labute approximate surface area is 105 Å². The van der Waals surface area contributed by atoms with E-state index in [-0.39, 0.29) is 0 Å². The summed E-state index contributed by atoms with van der Waals surface area (Å²) in [5.74, 6) is 0.585. The molecule has 5 heteroatoms. The molecule has 1 aromatic heterocycles. The number of nitrogen functional groups attached to an aromatic ring is 1. The summed E-state index contributed by atoms with van der Waals surface area (Å²) in [6.45, 7) is 2.74. The lowest BCUT2D eigenvalue weighted by Crippen LogP contribution is -2.10. The fourth-order valence-corrected chi connectivity index (χ4v) is 1.95. The number of aryl methyl sites for hydroxylation is 1. The summed E-state index contributed by atoms with van der Waals surface area (Å²) in [4.78, 5) is 4.15. The highest BCUT2D eigenvalue weighted by Gasteiger charge is 2.18. The van der Waals surface area contributed by atoms with Gasteiger partial charge in [0, 0.05) is 35.2 Å². The summed E-state index contributed by atoms with van der Waals surface area (Å²) in [5, 5.41) is 10.8. The topological polar surface area (TPSA) is 64.1 Å². The fraction of sp³-hybridized carbons (Fsp3) is 0.250. The van der Waals surface area contributed by atoms with E-state index >= 15 is 0 Å². The molecular formula is C12H14ClN3O. The van der Waals surface area contributed by atoms with Crippen molar-refractivity contribution < 1.29 is 5.11 Å². The molecule has 1 atom stereocenters. The van der Waals surface area contributed by atoms with Crippen molar-refractivity contribution in [3.05, 3.63) is 47.0 Å². The Kier molecular flexibility index (Phi) is 3.36. The van der Waals surface area contributed by atoms with Crippen LogP contribution in [0.5, 0.6) is 0 Å². The van der Waals surface area contributed by atoms with Crippen LogP contribution in [-0.2, 0) is 6.54 Å². The molecule has 4 nitrogen and oxygen atoms in total. The first-order valence-electron chi connectivity index (χ1n) is 5.37. The van der Waals surface area contributed by atoms with Crippen LogP contribution in [0.3, 0.4) is 0 Å². The highest BCUT2D eigenvalue weighted by molar-refractivity contribution is 6.30. The number of anilines is 1. The van der Waals surface area contributed by atoms with E-state index in [4.69, 9.17) is 17.3 Å². The standard InChI is InChI=1S/C12H14ClN3O/c1-2-16-6-5-15-12(16)11(17)9-4-3-8(13)7-10(9)14/h3-7,11,17H,2,14H2,1H3. The lowest BCUT2D eigenvalue weighted by molar-refractivity contribution is 0.205. The number of nitrogens with zero attached hydrogens (tertiary/aromatic N) is 2. The maximum atomic E-state index is 10.3. The molecule has 3 N–H and O–H groups in total. The van der Waals surface area contributed by atoms with Crippen LogP contribution < -0.4 is 5.73 Å². The number of rotatable bonds is 3. The lowest BCUT2D eigenvalue weighted by atomic mass is 10.1. The van der Waals surface area contributed by atoms with Gasteiger partial charge in [-0.05, 0) is 19.1 Å². The third-order valence-electron chi connectivity index (χ3n) is 2.68. The summed E-state index contributed by atoms with van der Waals surface area (Å²) in [6.07, 6.45) is 2.65. The largest absolute Gasteiger partial charge is 0.398 e. The first-order valence-corrected chi connectivity index (χ1v) is 5.75. The molecule has 0 fully saturated rings. The zero-order valence-electron chi connectivity index (χ0n) is 9.47. The molecule has 0 spiro atoms. The molecule has 0 bridgehead atoms. The van der Waals surface area contributed by atoms with Crippen molar-refractivity contribution in [3.63, 3.8) is 0 Å². The van der Waals surface area contributed by atoms with Crippen molar-refractivity contribution in [2.24, 2.45) is 0 Å². The van der Waals surface area contributed by atoms with Gasteiger partial charge in [0.05, 0.1) is 0 Å².